The zero-order valence-corrected chi connectivity index (χ0v) is 19.2. The highest BCUT2D eigenvalue weighted by molar-refractivity contribution is 7.09. The summed E-state index contributed by atoms with van der Waals surface area (Å²) >= 11 is 1.69. The lowest BCUT2D eigenvalue weighted by molar-refractivity contribution is 0.254. The molecule has 0 amide bonds. The summed E-state index contributed by atoms with van der Waals surface area (Å²) < 4.78 is 0. The first-order chi connectivity index (χ1) is 14.7. The van der Waals surface area contributed by atoms with Gasteiger partial charge in [-0.05, 0) is 31.9 Å². The van der Waals surface area contributed by atoms with E-state index in [2.05, 4.69) is 61.5 Å². The Hall–Kier alpha value is -2.26. The first kappa shape index (κ1) is 22.4. The molecule has 1 aliphatic heterocycles. The number of nitrogens with one attached hydrogen (secondary N) is 2. The number of anilines is 1. The summed E-state index contributed by atoms with van der Waals surface area (Å²) in [6, 6.07) is 1.86. The van der Waals surface area contributed by atoms with Crippen molar-refractivity contribution in [3.63, 3.8) is 0 Å². The van der Waals surface area contributed by atoms with Gasteiger partial charge in [0.15, 0.2) is 5.96 Å². The second-order valence-electron chi connectivity index (χ2n) is 7.67. The summed E-state index contributed by atoms with van der Waals surface area (Å²) in [6.07, 6.45) is 4.70. The Bertz CT molecular complexity index is 768. The quantitative estimate of drug-likeness (QED) is 0.359. The molecule has 0 atom stereocenters. The van der Waals surface area contributed by atoms with Crippen LogP contribution in [0.2, 0.25) is 0 Å². The van der Waals surface area contributed by atoms with Gasteiger partial charge in [0.25, 0.3) is 0 Å². The molecule has 2 aromatic rings. The van der Waals surface area contributed by atoms with Crippen molar-refractivity contribution in [1.29, 1.82) is 0 Å². The predicted molar refractivity (Wildman–Crippen MR) is 124 cm³/mol. The van der Waals surface area contributed by atoms with E-state index < -0.39 is 0 Å². The van der Waals surface area contributed by atoms with Crippen LogP contribution >= 0.6 is 11.3 Å². The van der Waals surface area contributed by atoms with Crippen LogP contribution in [0.15, 0.2) is 28.8 Å². The van der Waals surface area contributed by atoms with Crippen LogP contribution in [0, 0.1) is 0 Å². The molecule has 3 heterocycles. The van der Waals surface area contributed by atoms with Crippen molar-refractivity contribution in [2.75, 3.05) is 50.7 Å². The summed E-state index contributed by atoms with van der Waals surface area (Å²) in [5.74, 6) is 2.17. The average Bonchev–Trinajstić information content (AvgIpc) is 3.25. The highest BCUT2D eigenvalue weighted by atomic mass is 32.1. The molecule has 0 spiro atoms. The maximum absolute atomic E-state index is 4.69. The third-order valence-corrected chi connectivity index (χ3v) is 5.88. The summed E-state index contributed by atoms with van der Waals surface area (Å²) in [4.78, 5) is 22.8. The maximum atomic E-state index is 4.69. The van der Waals surface area contributed by atoms with Gasteiger partial charge in [-0.15, -0.1) is 11.3 Å². The number of hydrogen-bond acceptors (Lipinski definition) is 7. The fourth-order valence-electron chi connectivity index (χ4n) is 3.29. The smallest absolute Gasteiger partial charge is 0.225 e. The van der Waals surface area contributed by atoms with Crippen LogP contribution < -0.4 is 15.5 Å². The minimum Gasteiger partial charge on any atom is -0.357 e. The van der Waals surface area contributed by atoms with Crippen molar-refractivity contribution in [3.8, 4) is 0 Å². The van der Waals surface area contributed by atoms with Crippen LogP contribution in [-0.4, -0.2) is 71.6 Å². The van der Waals surface area contributed by atoms with Crippen molar-refractivity contribution in [1.82, 2.24) is 30.5 Å². The summed E-state index contributed by atoms with van der Waals surface area (Å²) in [5.41, 5.74) is 1.15. The van der Waals surface area contributed by atoms with Crippen molar-refractivity contribution in [3.05, 3.63) is 34.5 Å². The molecule has 2 aromatic heterocycles. The molecule has 2 N–H and O–H groups in total. The fourth-order valence-corrected chi connectivity index (χ4v) is 4.17. The minimum atomic E-state index is 0.465. The van der Waals surface area contributed by atoms with E-state index in [9.17, 15) is 0 Å². The maximum Gasteiger partial charge on any atom is 0.225 e. The van der Waals surface area contributed by atoms with Crippen LogP contribution in [-0.2, 0) is 6.54 Å². The molecule has 164 valence electrons. The first-order valence-corrected chi connectivity index (χ1v) is 11.7. The number of aliphatic imine (C=N–C) groups is 1. The molecule has 0 saturated carbocycles. The van der Waals surface area contributed by atoms with E-state index in [1.54, 1.807) is 11.3 Å². The number of hydrogen-bond donors (Lipinski definition) is 2. The predicted octanol–water partition coefficient (Wildman–Crippen LogP) is 2.32. The monoisotopic (exact) mass is 430 g/mol. The van der Waals surface area contributed by atoms with Gasteiger partial charge < -0.3 is 15.5 Å². The Kier molecular flexibility index (Phi) is 8.82. The van der Waals surface area contributed by atoms with Gasteiger partial charge in [0.2, 0.25) is 5.95 Å². The highest BCUT2D eigenvalue weighted by Gasteiger charge is 2.18. The Morgan fingerprint density at radius 1 is 1.17 bits per heavy atom. The van der Waals surface area contributed by atoms with Gasteiger partial charge in [0, 0.05) is 57.0 Å². The van der Waals surface area contributed by atoms with Crippen LogP contribution in [0.1, 0.15) is 43.8 Å². The number of piperazine rings is 1. The molecule has 0 aliphatic carbocycles. The number of rotatable bonds is 9. The standard InChI is InChI=1S/C21H34N8S/c1-4-22-20(26-15-19-27-18(16-30-19)17(2)3)23-9-6-10-28-11-13-29(14-12-28)21-24-7-5-8-25-21/h5,7-8,16-17H,4,6,9-15H2,1-3H3,(H2,22,23,26). The molecule has 1 saturated heterocycles. The van der Waals surface area contributed by atoms with Crippen molar-refractivity contribution < 1.29 is 0 Å². The topological polar surface area (TPSA) is 81.6 Å². The summed E-state index contributed by atoms with van der Waals surface area (Å²) in [7, 11) is 0. The zero-order chi connectivity index (χ0) is 21.2. The molecule has 0 aromatic carbocycles. The SMILES string of the molecule is CCNC(=NCc1nc(C(C)C)cs1)NCCCN1CCN(c2ncccn2)CC1. The number of aromatic nitrogens is 3. The molecular weight excluding hydrogens is 396 g/mol. The largest absolute Gasteiger partial charge is 0.357 e. The Morgan fingerprint density at radius 3 is 2.60 bits per heavy atom. The Morgan fingerprint density at radius 2 is 1.93 bits per heavy atom. The molecule has 1 fully saturated rings. The molecule has 1 aliphatic rings. The normalized spacial score (nSPS) is 15.6. The van der Waals surface area contributed by atoms with E-state index in [1.807, 2.05) is 18.5 Å². The van der Waals surface area contributed by atoms with Gasteiger partial charge in [-0.2, -0.15) is 0 Å². The first-order valence-electron chi connectivity index (χ1n) is 10.9. The second kappa shape index (κ2) is 11.8. The Labute approximate surface area is 183 Å². The van der Waals surface area contributed by atoms with E-state index in [0.717, 1.165) is 74.8 Å². The molecular formula is C21H34N8S. The van der Waals surface area contributed by atoms with E-state index in [0.29, 0.717) is 12.5 Å². The number of thiazole rings is 1. The van der Waals surface area contributed by atoms with E-state index >= 15 is 0 Å². The molecule has 30 heavy (non-hydrogen) atoms. The van der Waals surface area contributed by atoms with Crippen LogP contribution in [0.4, 0.5) is 5.95 Å². The molecule has 3 rings (SSSR count). The molecule has 0 unspecified atom stereocenters. The van der Waals surface area contributed by atoms with E-state index in [1.165, 1.54) is 0 Å². The van der Waals surface area contributed by atoms with E-state index in [-0.39, 0.29) is 0 Å². The third-order valence-electron chi connectivity index (χ3n) is 5.03. The summed E-state index contributed by atoms with van der Waals surface area (Å²) in [5, 5.41) is 9.98. The van der Waals surface area contributed by atoms with Crippen LogP contribution in [0.3, 0.4) is 0 Å². The van der Waals surface area contributed by atoms with Crippen LogP contribution in [0.25, 0.3) is 0 Å². The molecule has 0 bridgehead atoms. The minimum absolute atomic E-state index is 0.465. The van der Waals surface area contributed by atoms with Crippen molar-refractivity contribution in [2.45, 2.75) is 39.7 Å². The molecule has 0 radical (unpaired) electrons. The fraction of sp³-hybridized carbons (Fsp3) is 0.619. The Balaban J connectivity index is 1.36. The van der Waals surface area contributed by atoms with Gasteiger partial charge in [0.1, 0.15) is 5.01 Å². The van der Waals surface area contributed by atoms with Gasteiger partial charge in [-0.1, -0.05) is 13.8 Å². The molecule has 9 heteroatoms. The van der Waals surface area contributed by atoms with Crippen molar-refractivity contribution >= 4 is 23.2 Å². The lowest BCUT2D eigenvalue weighted by Crippen LogP contribution is -2.47. The second-order valence-corrected chi connectivity index (χ2v) is 8.62. The zero-order valence-electron chi connectivity index (χ0n) is 18.3. The van der Waals surface area contributed by atoms with Gasteiger partial charge in [0.05, 0.1) is 12.2 Å². The number of guanidine groups is 1. The number of nitrogens with zero attached hydrogens (tertiary/aromatic N) is 6. The highest BCUT2D eigenvalue weighted by Crippen LogP contribution is 2.18. The summed E-state index contributed by atoms with van der Waals surface area (Å²) in [6.45, 7) is 14.0. The van der Waals surface area contributed by atoms with Gasteiger partial charge in [-0.3, -0.25) is 4.90 Å². The average molecular weight is 431 g/mol. The van der Waals surface area contributed by atoms with Gasteiger partial charge >= 0.3 is 0 Å². The van der Waals surface area contributed by atoms with Gasteiger partial charge in [-0.25, -0.2) is 19.9 Å². The van der Waals surface area contributed by atoms with Crippen LogP contribution in [0.5, 0.6) is 0 Å². The lowest BCUT2D eigenvalue weighted by atomic mass is 10.2. The molecule has 8 nitrogen and oxygen atoms in total. The lowest BCUT2D eigenvalue weighted by Gasteiger charge is -2.34. The van der Waals surface area contributed by atoms with Crippen molar-refractivity contribution in [2.24, 2.45) is 4.99 Å². The third kappa shape index (κ3) is 6.91. The van der Waals surface area contributed by atoms with E-state index in [4.69, 9.17) is 4.99 Å².